The van der Waals surface area contributed by atoms with Gasteiger partial charge in [0.1, 0.15) is 5.82 Å². The van der Waals surface area contributed by atoms with Crippen LogP contribution in [0, 0.1) is 24.1 Å². The van der Waals surface area contributed by atoms with Gasteiger partial charge in [-0.1, -0.05) is 165 Å². The number of hydrogen-bond donors (Lipinski definition) is 0. The first kappa shape index (κ1) is 42.4. The molecule has 0 fully saturated rings. The summed E-state index contributed by atoms with van der Waals surface area (Å²) in [5.41, 5.74) is 12.3. The van der Waals surface area contributed by atoms with Gasteiger partial charge in [0.15, 0.2) is 0 Å². The van der Waals surface area contributed by atoms with Crippen LogP contribution in [-0.4, -0.2) is 22.6 Å². The van der Waals surface area contributed by atoms with Gasteiger partial charge in [0.05, 0.1) is 30.6 Å². The molecule has 0 amide bonds. The molecule has 62 heavy (non-hydrogen) atoms. The van der Waals surface area contributed by atoms with Crippen molar-refractivity contribution in [1.82, 2.24) is 14.5 Å². The second-order valence-corrected chi connectivity index (χ2v) is 22.0. The molecule has 0 N–H and O–H groups in total. The van der Waals surface area contributed by atoms with E-state index >= 15 is 0 Å². The second-order valence-electron chi connectivity index (χ2n) is 17.0. The fourth-order valence-electron chi connectivity index (χ4n) is 8.24. The van der Waals surface area contributed by atoms with Crippen molar-refractivity contribution >= 4 is 46.0 Å². The molecule has 309 valence electrons. The molecule has 1 radical (unpaired) electrons. The molecule has 0 aliphatic carbocycles. The monoisotopic (exact) mass is 1000 g/mol. The van der Waals surface area contributed by atoms with Crippen molar-refractivity contribution in [1.29, 1.82) is 0 Å². The summed E-state index contributed by atoms with van der Waals surface area (Å²) in [7, 11) is -1.34. The molecule has 0 aliphatic heterocycles. The van der Waals surface area contributed by atoms with E-state index in [9.17, 15) is 4.39 Å². The zero-order valence-electron chi connectivity index (χ0n) is 35.4. The maximum Gasteiger partial charge on any atom is 0.123 e. The maximum absolute atomic E-state index is 14.0. The van der Waals surface area contributed by atoms with Gasteiger partial charge in [-0.25, -0.2) is 4.39 Å². The van der Waals surface area contributed by atoms with E-state index in [1.807, 2.05) is 60.7 Å². The Balaban J connectivity index is 0.000000214. The standard InChI is InChI=1S/C37H22FN2O.C18H24NSi.Ir/c38-28-19-18-26-21-31-32(23-41-35(31)22-27(26)20-28)37-39-33-16-7-8-17-34(33)40(37)36-29(24-10-3-1-4-11-24)14-9-15-30(36)25-12-5-2-6-13-25;1-14(2)11-16-12-17(15-9-7-6-8-10-15)19-13-18(16)20(3,4)5;/h1-22H;6-9,12-14H,11H2,1-5H3;/q2*-1;. The van der Waals surface area contributed by atoms with E-state index in [2.05, 4.69) is 146 Å². The minimum Gasteiger partial charge on any atom is -0.557 e. The number of aromatic nitrogens is 3. The average Bonchev–Trinajstić information content (AvgIpc) is 3.86. The van der Waals surface area contributed by atoms with Crippen LogP contribution in [0.1, 0.15) is 19.4 Å². The summed E-state index contributed by atoms with van der Waals surface area (Å²) in [5, 5.41) is 4.07. The van der Waals surface area contributed by atoms with Crippen molar-refractivity contribution in [3.63, 3.8) is 0 Å². The van der Waals surface area contributed by atoms with Gasteiger partial charge in [0.25, 0.3) is 0 Å². The van der Waals surface area contributed by atoms with Crippen LogP contribution in [0.4, 0.5) is 4.39 Å². The first-order valence-electron chi connectivity index (χ1n) is 20.8. The van der Waals surface area contributed by atoms with Crippen molar-refractivity contribution in [2.75, 3.05) is 0 Å². The molecule has 3 heterocycles. The molecule has 0 atom stereocenters. The van der Waals surface area contributed by atoms with Gasteiger partial charge >= 0.3 is 0 Å². The molecule has 0 unspecified atom stereocenters. The smallest absolute Gasteiger partial charge is 0.123 e. The summed E-state index contributed by atoms with van der Waals surface area (Å²) < 4.78 is 22.2. The Hall–Kier alpha value is -6.24. The van der Waals surface area contributed by atoms with E-state index in [1.54, 1.807) is 6.07 Å². The summed E-state index contributed by atoms with van der Waals surface area (Å²) in [6.45, 7) is 11.7. The van der Waals surface area contributed by atoms with E-state index < -0.39 is 8.07 Å². The van der Waals surface area contributed by atoms with Crippen LogP contribution >= 0.6 is 0 Å². The van der Waals surface area contributed by atoms with Gasteiger partial charge in [-0.3, -0.25) is 4.98 Å². The third kappa shape index (κ3) is 8.62. The minimum absolute atomic E-state index is 0. The third-order valence-electron chi connectivity index (χ3n) is 11.1. The Morgan fingerprint density at radius 1 is 0.710 bits per heavy atom. The van der Waals surface area contributed by atoms with Crippen LogP contribution in [0.15, 0.2) is 174 Å². The predicted molar refractivity (Wildman–Crippen MR) is 253 cm³/mol. The van der Waals surface area contributed by atoms with Gasteiger partial charge in [-0.05, 0) is 69.4 Å². The van der Waals surface area contributed by atoms with Gasteiger partial charge in [0.2, 0.25) is 0 Å². The van der Waals surface area contributed by atoms with E-state index in [1.165, 1.54) is 22.9 Å². The Kier molecular flexibility index (Phi) is 12.3. The molecule has 3 aromatic heterocycles. The van der Waals surface area contributed by atoms with Gasteiger partial charge in [-0.2, -0.15) is 0 Å². The van der Waals surface area contributed by atoms with Crippen LogP contribution in [0.2, 0.25) is 19.6 Å². The fourth-order valence-corrected chi connectivity index (χ4v) is 9.83. The zero-order chi connectivity index (χ0) is 42.1. The number of fused-ring (bicyclic) bond motifs is 3. The van der Waals surface area contributed by atoms with Gasteiger partial charge in [-0.15, -0.1) is 35.9 Å². The summed E-state index contributed by atoms with van der Waals surface area (Å²) in [6.07, 6.45) is 6.40. The van der Waals surface area contributed by atoms with E-state index in [0.717, 1.165) is 84.2 Å². The first-order chi connectivity index (χ1) is 29.6. The average molecular weight is 1000 g/mol. The fraction of sp³-hybridized carbons (Fsp3) is 0.127. The SMILES string of the molecule is CC(C)Cc1cc(-c2[c-]cccc2)ncc1[Si](C)(C)C.Fc1ccc2cc3c(-c4nc5ccccc5n4-c4c(-c5ccccc5)cccc4-c4ccccc4)[c-]oc3cc2c1.[Ir]. The van der Waals surface area contributed by atoms with Crippen molar-refractivity contribution in [2.24, 2.45) is 5.92 Å². The minimum atomic E-state index is -1.34. The molecule has 7 aromatic carbocycles. The molecule has 0 aliphatic rings. The Bertz CT molecular complexity index is 3080. The normalized spacial score (nSPS) is 11.5. The number of halogens is 1. The molecular formula is C55H46FIrN3OSi-2. The van der Waals surface area contributed by atoms with Crippen molar-refractivity contribution in [3.05, 3.63) is 194 Å². The summed E-state index contributed by atoms with van der Waals surface area (Å²) in [4.78, 5) is 9.84. The van der Waals surface area contributed by atoms with Gasteiger partial charge in [0, 0.05) is 49.3 Å². The molecule has 0 bridgehead atoms. The molecule has 0 spiro atoms. The Morgan fingerprint density at radius 2 is 1.39 bits per heavy atom. The number of hydrogen-bond acceptors (Lipinski definition) is 3. The largest absolute Gasteiger partial charge is 0.557 e. The molecule has 10 rings (SSSR count). The molecule has 10 aromatic rings. The molecule has 7 heteroatoms. The van der Waals surface area contributed by atoms with Crippen molar-refractivity contribution in [3.8, 4) is 50.6 Å². The maximum atomic E-state index is 14.0. The molecule has 0 saturated carbocycles. The number of rotatable bonds is 8. The zero-order valence-corrected chi connectivity index (χ0v) is 38.8. The van der Waals surface area contributed by atoms with E-state index in [4.69, 9.17) is 9.40 Å². The first-order valence-corrected chi connectivity index (χ1v) is 24.3. The quantitative estimate of drug-likeness (QED) is 0.113. The number of furan rings is 1. The van der Waals surface area contributed by atoms with Crippen molar-refractivity contribution in [2.45, 2.75) is 39.9 Å². The van der Waals surface area contributed by atoms with Crippen LogP contribution in [0.5, 0.6) is 0 Å². The van der Waals surface area contributed by atoms with Gasteiger partial charge < -0.3 is 14.0 Å². The van der Waals surface area contributed by atoms with Crippen LogP contribution in [-0.2, 0) is 26.5 Å². The summed E-state index contributed by atoms with van der Waals surface area (Å²) >= 11 is 0. The molecule has 4 nitrogen and oxygen atoms in total. The molecular weight excluding hydrogens is 958 g/mol. The van der Waals surface area contributed by atoms with Crippen LogP contribution in [0.3, 0.4) is 0 Å². The van der Waals surface area contributed by atoms with Crippen LogP contribution < -0.4 is 5.19 Å². The number of benzene rings is 7. The molecule has 0 saturated heterocycles. The third-order valence-corrected chi connectivity index (χ3v) is 13.1. The topological polar surface area (TPSA) is 43.9 Å². The summed E-state index contributed by atoms with van der Waals surface area (Å²) in [5.74, 6) is 1.12. The van der Waals surface area contributed by atoms with Crippen molar-refractivity contribution < 1.29 is 28.9 Å². The van der Waals surface area contributed by atoms with Crippen LogP contribution in [0.25, 0.3) is 83.4 Å². The predicted octanol–water partition coefficient (Wildman–Crippen LogP) is 14.2. The summed E-state index contributed by atoms with van der Waals surface area (Å²) in [6, 6.07) is 57.8. The number of imidazole rings is 1. The Labute approximate surface area is 377 Å². The Morgan fingerprint density at radius 3 is 2.05 bits per heavy atom. The van der Waals surface area contributed by atoms with E-state index in [-0.39, 0.29) is 25.9 Å². The number of nitrogens with zero attached hydrogens (tertiary/aromatic N) is 3. The number of pyridine rings is 1. The second kappa shape index (κ2) is 18.0. The van der Waals surface area contributed by atoms with E-state index in [0.29, 0.717) is 11.5 Å². The number of para-hydroxylation sites is 3.